The van der Waals surface area contributed by atoms with Gasteiger partial charge in [-0.1, -0.05) is 17.7 Å². The monoisotopic (exact) mass is 317 g/mol. The first-order valence-electron chi connectivity index (χ1n) is 5.41. The number of nitrogens with zero attached hydrogens (tertiary/aromatic N) is 1. The molecule has 2 rings (SSSR count). The number of hydrogen-bond donors (Lipinski definition) is 2. The summed E-state index contributed by atoms with van der Waals surface area (Å²) in [7, 11) is -3.71. The number of sulfonamides is 1. The van der Waals surface area contributed by atoms with E-state index in [-0.39, 0.29) is 22.2 Å². The predicted molar refractivity (Wildman–Crippen MR) is 76.9 cm³/mol. The summed E-state index contributed by atoms with van der Waals surface area (Å²) in [5.74, 6) is 0. The summed E-state index contributed by atoms with van der Waals surface area (Å²) in [6.45, 7) is 0.247. The molecular formula is C11H12ClN3O2S2. The van der Waals surface area contributed by atoms with E-state index in [1.807, 2.05) is 5.38 Å². The average Bonchev–Trinajstić information content (AvgIpc) is 2.81. The maximum Gasteiger partial charge on any atom is 0.244 e. The van der Waals surface area contributed by atoms with Crippen molar-refractivity contribution in [3.05, 3.63) is 39.8 Å². The lowest BCUT2D eigenvalue weighted by molar-refractivity contribution is 0.582. The molecule has 0 fully saturated rings. The minimum atomic E-state index is -3.71. The molecule has 8 heteroatoms. The van der Waals surface area contributed by atoms with Gasteiger partial charge in [-0.25, -0.2) is 18.1 Å². The third-order valence-electron chi connectivity index (χ3n) is 2.42. The van der Waals surface area contributed by atoms with E-state index in [2.05, 4.69) is 9.71 Å². The highest BCUT2D eigenvalue weighted by Crippen LogP contribution is 2.26. The minimum absolute atomic E-state index is 0.0741. The lowest BCUT2D eigenvalue weighted by Crippen LogP contribution is -2.27. The van der Waals surface area contributed by atoms with E-state index >= 15 is 0 Å². The molecule has 0 spiro atoms. The van der Waals surface area contributed by atoms with E-state index in [1.54, 1.807) is 11.6 Å². The SMILES string of the molecule is Nc1cccc(Cl)c1S(=O)(=O)NCCc1cscn1. The largest absolute Gasteiger partial charge is 0.398 e. The van der Waals surface area contributed by atoms with Crippen molar-refractivity contribution in [2.45, 2.75) is 11.3 Å². The average molecular weight is 318 g/mol. The molecule has 3 N–H and O–H groups in total. The Bertz CT molecular complexity index is 636. The van der Waals surface area contributed by atoms with Crippen LogP contribution in [0, 0.1) is 0 Å². The molecule has 1 aromatic heterocycles. The van der Waals surface area contributed by atoms with E-state index in [0.29, 0.717) is 6.42 Å². The van der Waals surface area contributed by atoms with Crippen molar-refractivity contribution in [3.63, 3.8) is 0 Å². The van der Waals surface area contributed by atoms with Crippen LogP contribution in [0.1, 0.15) is 5.69 Å². The highest BCUT2D eigenvalue weighted by atomic mass is 35.5. The van der Waals surface area contributed by atoms with Crippen molar-refractivity contribution in [2.24, 2.45) is 0 Å². The molecule has 0 unspecified atom stereocenters. The fourth-order valence-corrected chi connectivity index (χ4v) is 3.85. The van der Waals surface area contributed by atoms with Gasteiger partial charge >= 0.3 is 0 Å². The molecule has 0 saturated heterocycles. The van der Waals surface area contributed by atoms with Crippen molar-refractivity contribution in [1.29, 1.82) is 0 Å². The van der Waals surface area contributed by atoms with Gasteiger partial charge in [-0.15, -0.1) is 11.3 Å². The highest BCUT2D eigenvalue weighted by molar-refractivity contribution is 7.89. The lowest BCUT2D eigenvalue weighted by Gasteiger charge is -2.10. The van der Waals surface area contributed by atoms with E-state index in [9.17, 15) is 8.42 Å². The van der Waals surface area contributed by atoms with Crippen LogP contribution >= 0.6 is 22.9 Å². The third-order valence-corrected chi connectivity index (χ3v) is 5.06. The Hall–Kier alpha value is -1.15. The van der Waals surface area contributed by atoms with Crippen LogP contribution in [0.15, 0.2) is 34.0 Å². The second kappa shape index (κ2) is 5.87. The lowest BCUT2D eigenvalue weighted by atomic mass is 10.3. The summed E-state index contributed by atoms with van der Waals surface area (Å²) >= 11 is 7.35. The molecule has 5 nitrogen and oxygen atoms in total. The molecular weight excluding hydrogens is 306 g/mol. The summed E-state index contributed by atoms with van der Waals surface area (Å²) in [4.78, 5) is 4.00. The van der Waals surface area contributed by atoms with Gasteiger partial charge in [0.05, 0.1) is 21.9 Å². The van der Waals surface area contributed by atoms with E-state index in [1.165, 1.54) is 23.5 Å². The topological polar surface area (TPSA) is 85.1 Å². The number of hydrogen-bond acceptors (Lipinski definition) is 5. The smallest absolute Gasteiger partial charge is 0.244 e. The number of anilines is 1. The van der Waals surface area contributed by atoms with Crippen LogP contribution in [0.2, 0.25) is 5.02 Å². The van der Waals surface area contributed by atoms with Crippen LogP contribution in [0.25, 0.3) is 0 Å². The standard InChI is InChI=1S/C11H12ClN3O2S2/c12-9-2-1-3-10(13)11(9)19(16,17)15-5-4-8-6-18-7-14-8/h1-3,6-7,15H,4-5,13H2. The van der Waals surface area contributed by atoms with E-state index in [4.69, 9.17) is 17.3 Å². The predicted octanol–water partition coefficient (Wildman–Crippen LogP) is 1.90. The van der Waals surface area contributed by atoms with Gasteiger partial charge in [0.2, 0.25) is 10.0 Å². The Morgan fingerprint density at radius 3 is 2.84 bits per heavy atom. The molecule has 0 bridgehead atoms. The molecule has 19 heavy (non-hydrogen) atoms. The van der Waals surface area contributed by atoms with Gasteiger partial charge in [0.15, 0.2) is 0 Å². The van der Waals surface area contributed by atoms with Crippen LogP contribution in [-0.2, 0) is 16.4 Å². The van der Waals surface area contributed by atoms with E-state index in [0.717, 1.165) is 5.69 Å². The zero-order valence-corrected chi connectivity index (χ0v) is 12.2. The van der Waals surface area contributed by atoms with Crippen LogP contribution in [0.3, 0.4) is 0 Å². The maximum atomic E-state index is 12.1. The molecule has 0 aliphatic heterocycles. The van der Waals surface area contributed by atoms with Crippen molar-refractivity contribution in [3.8, 4) is 0 Å². The van der Waals surface area contributed by atoms with Crippen molar-refractivity contribution < 1.29 is 8.42 Å². The number of halogens is 1. The van der Waals surface area contributed by atoms with Crippen LogP contribution < -0.4 is 10.5 Å². The fourth-order valence-electron chi connectivity index (χ4n) is 1.56. The number of rotatable bonds is 5. The Morgan fingerprint density at radius 2 is 2.21 bits per heavy atom. The normalized spacial score (nSPS) is 11.6. The van der Waals surface area contributed by atoms with Crippen LogP contribution in [0.4, 0.5) is 5.69 Å². The van der Waals surface area contributed by atoms with E-state index < -0.39 is 10.0 Å². The minimum Gasteiger partial charge on any atom is -0.398 e. The fraction of sp³-hybridized carbons (Fsp3) is 0.182. The molecule has 0 aliphatic carbocycles. The Kier molecular flexibility index (Phi) is 4.41. The molecule has 0 atom stereocenters. The molecule has 1 heterocycles. The molecule has 0 radical (unpaired) electrons. The van der Waals surface area contributed by atoms with Gasteiger partial charge in [-0.2, -0.15) is 0 Å². The van der Waals surface area contributed by atoms with Gasteiger partial charge in [-0.05, 0) is 12.1 Å². The van der Waals surface area contributed by atoms with Gasteiger partial charge in [0.25, 0.3) is 0 Å². The first kappa shape index (κ1) is 14.3. The molecule has 2 aromatic rings. The second-order valence-electron chi connectivity index (χ2n) is 3.79. The first-order chi connectivity index (χ1) is 9.00. The maximum absolute atomic E-state index is 12.1. The van der Waals surface area contributed by atoms with Crippen molar-refractivity contribution >= 4 is 38.6 Å². The number of aromatic nitrogens is 1. The van der Waals surface area contributed by atoms with Gasteiger partial charge in [0, 0.05) is 18.3 Å². The van der Waals surface area contributed by atoms with Crippen LogP contribution in [0.5, 0.6) is 0 Å². The van der Waals surface area contributed by atoms with Gasteiger partial charge in [-0.3, -0.25) is 0 Å². The molecule has 0 saturated carbocycles. The number of nitrogens with two attached hydrogens (primary N) is 1. The molecule has 102 valence electrons. The zero-order chi connectivity index (χ0) is 13.9. The quantitative estimate of drug-likeness (QED) is 0.825. The Morgan fingerprint density at radius 1 is 1.42 bits per heavy atom. The highest BCUT2D eigenvalue weighted by Gasteiger charge is 2.20. The summed E-state index contributed by atoms with van der Waals surface area (Å²) < 4.78 is 26.7. The number of benzene rings is 1. The van der Waals surface area contributed by atoms with Crippen LogP contribution in [-0.4, -0.2) is 19.9 Å². The second-order valence-corrected chi connectivity index (χ2v) is 6.62. The summed E-state index contributed by atoms with van der Waals surface area (Å²) in [6.07, 6.45) is 0.521. The van der Waals surface area contributed by atoms with Gasteiger partial charge < -0.3 is 5.73 Å². The number of nitrogens with one attached hydrogen (secondary N) is 1. The first-order valence-corrected chi connectivity index (χ1v) is 8.22. The van der Waals surface area contributed by atoms with Crippen molar-refractivity contribution in [2.75, 3.05) is 12.3 Å². The van der Waals surface area contributed by atoms with Gasteiger partial charge in [0.1, 0.15) is 4.90 Å². The Labute approximate surface area is 120 Å². The molecule has 0 aliphatic rings. The summed E-state index contributed by atoms with van der Waals surface area (Å²) in [6, 6.07) is 4.60. The summed E-state index contributed by atoms with van der Waals surface area (Å²) in [5, 5.41) is 1.99. The Balaban J connectivity index is 2.10. The molecule has 1 aromatic carbocycles. The summed E-state index contributed by atoms with van der Waals surface area (Å²) in [5.41, 5.74) is 8.34. The zero-order valence-electron chi connectivity index (χ0n) is 9.84. The number of thiazole rings is 1. The van der Waals surface area contributed by atoms with Crippen molar-refractivity contribution in [1.82, 2.24) is 9.71 Å². The molecule has 0 amide bonds. The third kappa shape index (κ3) is 3.44. The number of nitrogen functional groups attached to an aromatic ring is 1.